The highest BCUT2D eigenvalue weighted by Crippen LogP contribution is 2.21. The van der Waals surface area contributed by atoms with Gasteiger partial charge in [0.1, 0.15) is 0 Å². The van der Waals surface area contributed by atoms with Crippen molar-refractivity contribution < 1.29 is 9.53 Å². The van der Waals surface area contributed by atoms with Crippen LogP contribution in [0.15, 0.2) is 24.3 Å². The predicted molar refractivity (Wildman–Crippen MR) is 82.6 cm³/mol. The van der Waals surface area contributed by atoms with E-state index >= 15 is 0 Å². The van der Waals surface area contributed by atoms with Crippen LogP contribution in [-0.4, -0.2) is 37.1 Å². The highest BCUT2D eigenvalue weighted by atomic mass is 16.5. The van der Waals surface area contributed by atoms with Crippen molar-refractivity contribution in [3.63, 3.8) is 0 Å². The van der Waals surface area contributed by atoms with Crippen molar-refractivity contribution in [3.05, 3.63) is 29.8 Å². The first kappa shape index (κ1) is 16.5. The van der Waals surface area contributed by atoms with Crippen LogP contribution in [0.1, 0.15) is 38.7 Å². The molecule has 0 saturated heterocycles. The maximum absolute atomic E-state index is 12.3. The maximum atomic E-state index is 12.3. The molecule has 1 rings (SSSR count). The molecule has 0 saturated carbocycles. The highest BCUT2D eigenvalue weighted by molar-refractivity contribution is 5.77. The summed E-state index contributed by atoms with van der Waals surface area (Å²) in [6, 6.07) is 7.74. The molecule has 1 aromatic carbocycles. The summed E-state index contributed by atoms with van der Waals surface area (Å²) in [6.45, 7) is 8.71. The number of anilines is 1. The van der Waals surface area contributed by atoms with Crippen LogP contribution < -0.4 is 5.73 Å². The average Bonchev–Trinajstić information content (AvgIpc) is 2.44. The summed E-state index contributed by atoms with van der Waals surface area (Å²) in [4.78, 5) is 14.1. The minimum atomic E-state index is 0.177. The lowest BCUT2D eigenvalue weighted by Crippen LogP contribution is -2.34. The topological polar surface area (TPSA) is 55.6 Å². The summed E-state index contributed by atoms with van der Waals surface area (Å²) in [5.41, 5.74) is 7.57. The number of nitrogens with two attached hydrogens (primary N) is 1. The molecule has 1 atom stereocenters. The Morgan fingerprint density at radius 3 is 2.50 bits per heavy atom. The molecule has 2 N–H and O–H groups in total. The summed E-state index contributed by atoms with van der Waals surface area (Å²) >= 11 is 0. The van der Waals surface area contributed by atoms with E-state index in [4.69, 9.17) is 10.5 Å². The normalized spacial score (nSPS) is 12.2. The zero-order valence-electron chi connectivity index (χ0n) is 12.8. The van der Waals surface area contributed by atoms with E-state index in [0.29, 0.717) is 26.2 Å². The quantitative estimate of drug-likeness (QED) is 0.587. The summed E-state index contributed by atoms with van der Waals surface area (Å²) in [5, 5.41) is 0. The van der Waals surface area contributed by atoms with Crippen molar-refractivity contribution in [1.29, 1.82) is 0 Å². The van der Waals surface area contributed by atoms with E-state index in [0.717, 1.165) is 17.8 Å². The first-order valence-electron chi connectivity index (χ1n) is 7.29. The summed E-state index contributed by atoms with van der Waals surface area (Å²) in [6.07, 6.45) is 0.518. The van der Waals surface area contributed by atoms with Crippen LogP contribution in [0.5, 0.6) is 0 Å². The lowest BCUT2D eigenvalue weighted by atomic mass is 9.97. The number of benzene rings is 1. The van der Waals surface area contributed by atoms with Crippen molar-refractivity contribution in [2.75, 3.05) is 32.0 Å². The van der Waals surface area contributed by atoms with Crippen LogP contribution in [0.2, 0.25) is 0 Å². The minimum Gasteiger partial charge on any atom is -0.399 e. The molecule has 4 nitrogen and oxygen atoms in total. The maximum Gasteiger partial charge on any atom is 0.223 e. The first-order valence-corrected chi connectivity index (χ1v) is 7.29. The Balaban J connectivity index is 2.52. The molecule has 1 amide bonds. The molecule has 0 aliphatic carbocycles. The molecule has 0 heterocycles. The first-order chi connectivity index (χ1) is 9.58. The largest absolute Gasteiger partial charge is 0.399 e. The molecule has 0 aliphatic rings. The summed E-state index contributed by atoms with van der Waals surface area (Å²) in [7, 11) is 0. The Hall–Kier alpha value is -1.55. The summed E-state index contributed by atoms with van der Waals surface area (Å²) in [5.74, 6) is 0.376. The van der Waals surface area contributed by atoms with Gasteiger partial charge in [0.2, 0.25) is 5.91 Å². The number of nitrogen functional groups attached to an aromatic ring is 1. The zero-order chi connectivity index (χ0) is 15.0. The van der Waals surface area contributed by atoms with Gasteiger partial charge < -0.3 is 15.4 Å². The Morgan fingerprint density at radius 1 is 1.30 bits per heavy atom. The van der Waals surface area contributed by atoms with E-state index in [-0.39, 0.29) is 11.8 Å². The van der Waals surface area contributed by atoms with E-state index in [1.54, 1.807) is 0 Å². The third kappa shape index (κ3) is 5.21. The Kier molecular flexibility index (Phi) is 7.09. The van der Waals surface area contributed by atoms with Gasteiger partial charge in [-0.15, -0.1) is 0 Å². The van der Waals surface area contributed by atoms with Gasteiger partial charge in [-0.2, -0.15) is 0 Å². The Bertz CT molecular complexity index is 403. The number of hydrogen-bond donors (Lipinski definition) is 1. The molecule has 1 aromatic rings. The predicted octanol–water partition coefficient (Wildman–Crippen LogP) is 2.65. The van der Waals surface area contributed by atoms with Gasteiger partial charge in [-0.3, -0.25) is 4.79 Å². The number of rotatable bonds is 8. The lowest BCUT2D eigenvalue weighted by Gasteiger charge is -2.22. The molecule has 0 spiro atoms. The molecule has 112 valence electrons. The van der Waals surface area contributed by atoms with Gasteiger partial charge in [-0.05, 0) is 37.5 Å². The SMILES string of the molecule is CCOCCN(CC)C(=O)CC(C)c1ccc(N)cc1. The minimum absolute atomic E-state index is 0.177. The molecular weight excluding hydrogens is 252 g/mol. The average molecular weight is 278 g/mol. The van der Waals surface area contributed by atoms with E-state index in [1.165, 1.54) is 0 Å². The number of carbonyl (C=O) groups excluding carboxylic acids is 1. The lowest BCUT2D eigenvalue weighted by molar-refractivity contribution is -0.132. The second-order valence-electron chi connectivity index (χ2n) is 4.94. The number of amides is 1. The monoisotopic (exact) mass is 278 g/mol. The van der Waals surface area contributed by atoms with Crippen LogP contribution in [0.3, 0.4) is 0 Å². The number of carbonyl (C=O) groups is 1. The van der Waals surface area contributed by atoms with Crippen molar-refractivity contribution in [3.8, 4) is 0 Å². The Labute approximate surface area is 121 Å². The van der Waals surface area contributed by atoms with E-state index in [2.05, 4.69) is 6.92 Å². The van der Waals surface area contributed by atoms with Gasteiger partial charge in [0.15, 0.2) is 0 Å². The summed E-state index contributed by atoms with van der Waals surface area (Å²) < 4.78 is 5.31. The smallest absolute Gasteiger partial charge is 0.223 e. The molecular formula is C16H26N2O2. The van der Waals surface area contributed by atoms with Crippen LogP contribution in [0.25, 0.3) is 0 Å². The molecule has 0 radical (unpaired) electrons. The molecule has 0 bridgehead atoms. The van der Waals surface area contributed by atoms with Crippen molar-refractivity contribution in [2.45, 2.75) is 33.1 Å². The second-order valence-corrected chi connectivity index (χ2v) is 4.94. The number of hydrogen-bond acceptors (Lipinski definition) is 3. The third-order valence-electron chi connectivity index (χ3n) is 3.43. The second kappa shape index (κ2) is 8.59. The molecule has 0 aliphatic heterocycles. The van der Waals surface area contributed by atoms with Crippen molar-refractivity contribution in [1.82, 2.24) is 4.90 Å². The van der Waals surface area contributed by atoms with E-state index in [9.17, 15) is 4.79 Å². The number of nitrogens with zero attached hydrogens (tertiary/aromatic N) is 1. The molecule has 0 aromatic heterocycles. The van der Waals surface area contributed by atoms with Gasteiger partial charge in [-0.1, -0.05) is 19.1 Å². The zero-order valence-corrected chi connectivity index (χ0v) is 12.8. The third-order valence-corrected chi connectivity index (χ3v) is 3.43. The van der Waals surface area contributed by atoms with E-state index in [1.807, 2.05) is 43.0 Å². The van der Waals surface area contributed by atoms with Crippen LogP contribution >= 0.6 is 0 Å². The molecule has 20 heavy (non-hydrogen) atoms. The molecule has 1 unspecified atom stereocenters. The van der Waals surface area contributed by atoms with Crippen LogP contribution in [0.4, 0.5) is 5.69 Å². The van der Waals surface area contributed by atoms with E-state index < -0.39 is 0 Å². The fraction of sp³-hybridized carbons (Fsp3) is 0.562. The number of ether oxygens (including phenoxy) is 1. The van der Waals surface area contributed by atoms with Gasteiger partial charge in [0, 0.05) is 31.8 Å². The van der Waals surface area contributed by atoms with Crippen molar-refractivity contribution in [2.24, 2.45) is 0 Å². The van der Waals surface area contributed by atoms with Crippen LogP contribution in [-0.2, 0) is 9.53 Å². The molecule has 0 fully saturated rings. The molecule has 4 heteroatoms. The van der Waals surface area contributed by atoms with Crippen molar-refractivity contribution >= 4 is 11.6 Å². The van der Waals surface area contributed by atoms with Gasteiger partial charge in [0.05, 0.1) is 6.61 Å². The van der Waals surface area contributed by atoms with Gasteiger partial charge in [-0.25, -0.2) is 0 Å². The number of likely N-dealkylation sites (N-methyl/N-ethyl adjacent to an activating group) is 1. The van der Waals surface area contributed by atoms with Crippen LogP contribution in [0, 0.1) is 0 Å². The van der Waals surface area contributed by atoms with Gasteiger partial charge in [0.25, 0.3) is 0 Å². The Morgan fingerprint density at radius 2 is 1.95 bits per heavy atom. The fourth-order valence-electron chi connectivity index (χ4n) is 2.11. The highest BCUT2D eigenvalue weighted by Gasteiger charge is 2.16. The fourth-order valence-corrected chi connectivity index (χ4v) is 2.11. The standard InChI is InChI=1S/C16H26N2O2/c1-4-18(10-11-20-5-2)16(19)12-13(3)14-6-8-15(17)9-7-14/h6-9,13H,4-5,10-12,17H2,1-3H3. The van der Waals surface area contributed by atoms with Gasteiger partial charge >= 0.3 is 0 Å².